The van der Waals surface area contributed by atoms with Crippen LogP contribution in [0.25, 0.3) is 0 Å². The number of hydrogen-bond acceptors (Lipinski definition) is 7. The zero-order valence-electron chi connectivity index (χ0n) is 17.8. The molecule has 0 bridgehead atoms. The second-order valence-corrected chi connectivity index (χ2v) is 7.67. The predicted molar refractivity (Wildman–Crippen MR) is 125 cm³/mol. The van der Waals surface area contributed by atoms with Gasteiger partial charge in [-0.3, -0.25) is 9.47 Å². The van der Waals surface area contributed by atoms with Crippen molar-refractivity contribution in [3.05, 3.63) is 89.0 Å². The molecule has 8 nitrogen and oxygen atoms in total. The van der Waals surface area contributed by atoms with E-state index in [0.717, 1.165) is 22.7 Å². The highest BCUT2D eigenvalue weighted by atomic mass is 32.2. The number of anilines is 2. The summed E-state index contributed by atoms with van der Waals surface area (Å²) in [7, 11) is 1.64. The van der Waals surface area contributed by atoms with E-state index in [1.165, 1.54) is 16.4 Å². The first-order valence-electron chi connectivity index (χ1n) is 10.1. The molecule has 0 saturated carbocycles. The van der Waals surface area contributed by atoms with Gasteiger partial charge in [-0.1, -0.05) is 23.9 Å². The summed E-state index contributed by atoms with van der Waals surface area (Å²) in [5.41, 5.74) is 1.50. The molecular formula is C23H23N5O3S. The highest BCUT2D eigenvalue weighted by Gasteiger charge is 2.15. The first-order chi connectivity index (χ1) is 15.7. The van der Waals surface area contributed by atoms with Crippen LogP contribution in [-0.2, 0) is 5.75 Å². The van der Waals surface area contributed by atoms with Crippen LogP contribution < -0.4 is 20.3 Å². The Balaban J connectivity index is 1.60. The third kappa shape index (κ3) is 4.94. The van der Waals surface area contributed by atoms with Gasteiger partial charge in [-0.05, 0) is 61.0 Å². The van der Waals surface area contributed by atoms with Crippen LogP contribution in [0, 0.1) is 0 Å². The van der Waals surface area contributed by atoms with E-state index in [9.17, 15) is 4.79 Å². The molecule has 0 fully saturated rings. The quantitative estimate of drug-likeness (QED) is 0.384. The van der Waals surface area contributed by atoms with Gasteiger partial charge in [0, 0.05) is 23.8 Å². The Kier molecular flexibility index (Phi) is 6.76. The van der Waals surface area contributed by atoms with Crippen LogP contribution in [-0.4, -0.2) is 33.3 Å². The molecule has 0 aliphatic heterocycles. The molecule has 4 rings (SSSR count). The Bertz CT molecular complexity index is 1210. The molecule has 2 heterocycles. The van der Waals surface area contributed by atoms with Gasteiger partial charge in [0.05, 0.1) is 13.7 Å². The molecule has 0 saturated heterocycles. The lowest BCUT2D eigenvalue weighted by atomic mass is 10.2. The second-order valence-electron chi connectivity index (χ2n) is 6.73. The monoisotopic (exact) mass is 449 g/mol. The zero-order chi connectivity index (χ0) is 22.3. The molecule has 32 heavy (non-hydrogen) atoms. The van der Waals surface area contributed by atoms with Crippen molar-refractivity contribution in [1.82, 2.24) is 19.5 Å². The summed E-state index contributed by atoms with van der Waals surface area (Å²) >= 11 is 1.43. The summed E-state index contributed by atoms with van der Waals surface area (Å²) in [4.78, 5) is 13.3. The number of ether oxygens (including phenoxy) is 2. The highest BCUT2D eigenvalue weighted by molar-refractivity contribution is 7.98. The number of rotatable bonds is 9. The Morgan fingerprint density at radius 2 is 1.66 bits per heavy atom. The van der Waals surface area contributed by atoms with Crippen molar-refractivity contribution in [3.8, 4) is 11.5 Å². The normalized spacial score (nSPS) is 10.7. The van der Waals surface area contributed by atoms with E-state index >= 15 is 0 Å². The molecule has 2 aromatic carbocycles. The summed E-state index contributed by atoms with van der Waals surface area (Å²) < 4.78 is 13.9. The average Bonchev–Trinajstić information content (AvgIpc) is 3.35. The summed E-state index contributed by atoms with van der Waals surface area (Å²) in [5.74, 6) is 2.33. The van der Waals surface area contributed by atoms with Crippen LogP contribution in [0.3, 0.4) is 0 Å². The van der Waals surface area contributed by atoms with Gasteiger partial charge < -0.3 is 14.8 Å². The number of hydrogen-bond donors (Lipinski definition) is 1. The first kappa shape index (κ1) is 21.5. The lowest BCUT2D eigenvalue weighted by molar-refractivity contribution is 0.340. The minimum Gasteiger partial charge on any atom is -0.497 e. The minimum absolute atomic E-state index is 0.136. The Hall–Kier alpha value is -3.72. The standard InChI is InChI=1S/C23H23N5O3S/c1-3-31-20-12-8-18(9-13-20)24-21-22(29)28(27-14-4-5-15-27)23(26-25-21)32-16-17-6-10-19(30-2)11-7-17/h4-15H,3,16H2,1-2H3,(H,24,25). The number of benzene rings is 2. The molecule has 0 aliphatic rings. The van der Waals surface area contributed by atoms with Crippen molar-refractivity contribution < 1.29 is 9.47 Å². The van der Waals surface area contributed by atoms with Crippen LogP contribution in [0.15, 0.2) is 83.0 Å². The topological polar surface area (TPSA) is 83.2 Å². The number of aromatic nitrogens is 4. The van der Waals surface area contributed by atoms with Crippen LogP contribution in [0.4, 0.5) is 11.5 Å². The first-order valence-corrected chi connectivity index (χ1v) is 11.1. The average molecular weight is 450 g/mol. The van der Waals surface area contributed by atoms with E-state index in [-0.39, 0.29) is 11.4 Å². The van der Waals surface area contributed by atoms with Crippen molar-refractivity contribution in [2.45, 2.75) is 17.8 Å². The van der Waals surface area contributed by atoms with Gasteiger partial charge in [-0.25, -0.2) is 0 Å². The van der Waals surface area contributed by atoms with Crippen molar-refractivity contribution in [1.29, 1.82) is 0 Å². The maximum Gasteiger partial charge on any atom is 0.316 e. The van der Waals surface area contributed by atoms with Gasteiger partial charge in [0.25, 0.3) is 0 Å². The van der Waals surface area contributed by atoms with Crippen molar-refractivity contribution in [2.75, 3.05) is 19.0 Å². The van der Waals surface area contributed by atoms with E-state index in [1.54, 1.807) is 24.2 Å². The summed E-state index contributed by atoms with van der Waals surface area (Å²) in [6.07, 6.45) is 3.59. The van der Waals surface area contributed by atoms with Crippen molar-refractivity contribution in [3.63, 3.8) is 0 Å². The Morgan fingerprint density at radius 3 is 2.31 bits per heavy atom. The van der Waals surface area contributed by atoms with E-state index in [4.69, 9.17) is 9.47 Å². The Labute approximate surface area is 189 Å². The third-order valence-corrected chi connectivity index (χ3v) is 5.58. The molecule has 0 amide bonds. The molecular weight excluding hydrogens is 426 g/mol. The lowest BCUT2D eigenvalue weighted by Crippen LogP contribution is -2.30. The van der Waals surface area contributed by atoms with Crippen LogP contribution >= 0.6 is 11.8 Å². The predicted octanol–water partition coefficient (Wildman–Crippen LogP) is 4.19. The fourth-order valence-corrected chi connectivity index (χ4v) is 3.89. The highest BCUT2D eigenvalue weighted by Crippen LogP contribution is 2.23. The molecule has 1 N–H and O–H groups in total. The molecule has 164 valence electrons. The molecule has 0 spiro atoms. The van der Waals surface area contributed by atoms with Gasteiger partial charge in [0.15, 0.2) is 0 Å². The molecule has 4 aromatic rings. The number of methoxy groups -OCH3 is 1. The van der Waals surface area contributed by atoms with E-state index in [0.29, 0.717) is 17.5 Å². The SMILES string of the molecule is CCOc1ccc(Nc2nnc(SCc3ccc(OC)cc3)n(-n3cccc3)c2=O)cc1. The maximum atomic E-state index is 13.3. The molecule has 0 unspecified atom stereocenters. The lowest BCUT2D eigenvalue weighted by Gasteiger charge is -2.14. The van der Waals surface area contributed by atoms with E-state index in [1.807, 2.05) is 67.6 Å². The molecule has 0 aliphatic carbocycles. The number of thioether (sulfide) groups is 1. The molecule has 0 radical (unpaired) electrons. The second kappa shape index (κ2) is 10.1. The summed E-state index contributed by atoms with van der Waals surface area (Å²) in [6.45, 7) is 2.52. The number of nitrogens with zero attached hydrogens (tertiary/aromatic N) is 4. The van der Waals surface area contributed by atoms with Crippen LogP contribution in [0.1, 0.15) is 12.5 Å². The van der Waals surface area contributed by atoms with Gasteiger partial charge in [-0.2, -0.15) is 4.68 Å². The molecule has 2 aromatic heterocycles. The van der Waals surface area contributed by atoms with Crippen LogP contribution in [0.2, 0.25) is 0 Å². The van der Waals surface area contributed by atoms with Gasteiger partial charge in [-0.15, -0.1) is 10.2 Å². The van der Waals surface area contributed by atoms with Crippen molar-refractivity contribution >= 4 is 23.3 Å². The molecule has 9 heteroatoms. The minimum atomic E-state index is -0.303. The fraction of sp³-hybridized carbons (Fsp3) is 0.174. The maximum absolute atomic E-state index is 13.3. The van der Waals surface area contributed by atoms with Gasteiger partial charge >= 0.3 is 5.56 Å². The van der Waals surface area contributed by atoms with Crippen LogP contribution in [0.5, 0.6) is 11.5 Å². The zero-order valence-corrected chi connectivity index (χ0v) is 18.6. The Morgan fingerprint density at radius 1 is 0.969 bits per heavy atom. The largest absolute Gasteiger partial charge is 0.497 e. The fourth-order valence-electron chi connectivity index (χ4n) is 3.00. The van der Waals surface area contributed by atoms with E-state index in [2.05, 4.69) is 15.5 Å². The van der Waals surface area contributed by atoms with Gasteiger partial charge in [0.2, 0.25) is 11.0 Å². The third-order valence-electron chi connectivity index (χ3n) is 4.59. The summed E-state index contributed by atoms with van der Waals surface area (Å²) in [6, 6.07) is 18.8. The van der Waals surface area contributed by atoms with Gasteiger partial charge in [0.1, 0.15) is 11.5 Å². The number of nitrogens with one attached hydrogen (secondary N) is 1. The van der Waals surface area contributed by atoms with E-state index < -0.39 is 0 Å². The summed E-state index contributed by atoms with van der Waals surface area (Å²) in [5, 5.41) is 12.0. The smallest absolute Gasteiger partial charge is 0.316 e. The van der Waals surface area contributed by atoms with Crippen molar-refractivity contribution in [2.24, 2.45) is 0 Å². The molecule has 0 atom stereocenters.